The molecule has 5 rings (SSSR count). The van der Waals surface area contributed by atoms with Gasteiger partial charge in [0.15, 0.2) is 0 Å². The van der Waals surface area contributed by atoms with Crippen LogP contribution in [-0.4, -0.2) is 10.8 Å². The van der Waals surface area contributed by atoms with Gasteiger partial charge in [0.1, 0.15) is 0 Å². The van der Waals surface area contributed by atoms with Gasteiger partial charge in [-0.25, -0.2) is 0 Å². The first-order chi connectivity index (χ1) is 13.9. The van der Waals surface area contributed by atoms with Crippen LogP contribution in [0.5, 0.6) is 0 Å². The normalized spacial score (nSPS) is 30.5. The van der Waals surface area contributed by atoms with Gasteiger partial charge in [-0.3, -0.25) is 0 Å². The summed E-state index contributed by atoms with van der Waals surface area (Å²) in [6.07, 6.45) is 14.9. The minimum atomic E-state index is 0.626. The lowest BCUT2D eigenvalue weighted by Crippen LogP contribution is -2.33. The van der Waals surface area contributed by atoms with Crippen LogP contribution in [0.2, 0.25) is 0 Å². The lowest BCUT2D eigenvalue weighted by Gasteiger charge is -2.42. The molecule has 0 bridgehead atoms. The summed E-state index contributed by atoms with van der Waals surface area (Å²) in [5.41, 5.74) is 4.22. The molecule has 0 amide bonds. The molecule has 3 aliphatic carbocycles. The summed E-state index contributed by atoms with van der Waals surface area (Å²) in [6, 6.07) is 23.0. The molecule has 148 valence electrons. The Labute approximate surface area is 173 Å². The van der Waals surface area contributed by atoms with E-state index in [1.54, 1.807) is 11.1 Å². The second-order valence-corrected chi connectivity index (χ2v) is 11.7. The van der Waals surface area contributed by atoms with Crippen LogP contribution in [0.25, 0.3) is 0 Å². The average molecular weight is 391 g/mol. The molecule has 3 atom stereocenters. The van der Waals surface area contributed by atoms with Crippen LogP contribution in [0.1, 0.15) is 87.2 Å². The fourth-order valence-electron chi connectivity index (χ4n) is 6.59. The summed E-state index contributed by atoms with van der Waals surface area (Å²) >= 11 is 0. The quantitative estimate of drug-likeness (QED) is 0.455. The zero-order valence-corrected chi connectivity index (χ0v) is 18.2. The van der Waals surface area contributed by atoms with E-state index in [4.69, 9.17) is 0 Å². The summed E-state index contributed by atoms with van der Waals surface area (Å²) in [5, 5.41) is 0.626. The van der Waals surface area contributed by atoms with Crippen molar-refractivity contribution in [1.82, 2.24) is 0 Å². The zero-order valence-electron chi connectivity index (χ0n) is 17.2. The molecule has 0 radical (unpaired) electrons. The maximum Gasteiger partial charge on any atom is -0.00469 e. The molecular weight excluding hydrogens is 355 g/mol. The molecule has 0 aliphatic heterocycles. The van der Waals surface area contributed by atoms with E-state index in [0.717, 1.165) is 23.4 Å². The van der Waals surface area contributed by atoms with Gasteiger partial charge in [-0.15, -0.1) is 8.58 Å². The number of hydrogen-bond acceptors (Lipinski definition) is 0. The van der Waals surface area contributed by atoms with Crippen LogP contribution >= 0.6 is 8.58 Å². The molecule has 2 aromatic carbocycles. The van der Waals surface area contributed by atoms with Gasteiger partial charge in [-0.2, -0.15) is 0 Å². The fourth-order valence-corrected chi connectivity index (χ4v) is 9.29. The van der Waals surface area contributed by atoms with Crippen molar-refractivity contribution >= 4 is 8.58 Å². The van der Waals surface area contributed by atoms with Crippen molar-refractivity contribution in [2.45, 2.75) is 86.9 Å². The van der Waals surface area contributed by atoms with Crippen LogP contribution in [-0.2, 0) is 0 Å². The van der Waals surface area contributed by atoms with Crippen molar-refractivity contribution in [3.63, 3.8) is 0 Å². The van der Waals surface area contributed by atoms with E-state index in [1.165, 1.54) is 72.8 Å². The Bertz CT molecular complexity index is 695. The Hall–Kier alpha value is -1.13. The average Bonchev–Trinajstić information content (AvgIpc) is 3.53. The SMILES string of the molecule is c1ccc(C2C(c3ccccc3)C2C2(PC3CCCCC3)CCCCC2)cc1. The maximum absolute atomic E-state index is 2.40. The highest BCUT2D eigenvalue weighted by molar-refractivity contribution is 7.41. The molecule has 0 spiro atoms. The monoisotopic (exact) mass is 390 g/mol. The van der Waals surface area contributed by atoms with Gasteiger partial charge in [-0.1, -0.05) is 99.2 Å². The molecule has 3 unspecified atom stereocenters. The zero-order chi connectivity index (χ0) is 18.8. The van der Waals surface area contributed by atoms with Gasteiger partial charge >= 0.3 is 0 Å². The van der Waals surface area contributed by atoms with E-state index < -0.39 is 0 Å². The van der Waals surface area contributed by atoms with Gasteiger partial charge < -0.3 is 0 Å². The lowest BCUT2D eigenvalue weighted by atomic mass is 9.82. The molecule has 3 fully saturated rings. The van der Waals surface area contributed by atoms with Crippen LogP contribution in [0.15, 0.2) is 60.7 Å². The van der Waals surface area contributed by atoms with Crippen LogP contribution in [0, 0.1) is 5.92 Å². The van der Waals surface area contributed by atoms with Gasteiger partial charge in [0.2, 0.25) is 0 Å². The molecule has 3 saturated carbocycles. The smallest absolute Gasteiger partial charge is 0.00469 e. The largest absolute Gasteiger partial charge is 0.112 e. The Morgan fingerprint density at radius 3 is 1.64 bits per heavy atom. The van der Waals surface area contributed by atoms with Crippen molar-refractivity contribution in [2.24, 2.45) is 5.92 Å². The number of hydrogen-bond donors (Lipinski definition) is 0. The Kier molecular flexibility index (Phi) is 5.60. The Morgan fingerprint density at radius 2 is 1.11 bits per heavy atom. The van der Waals surface area contributed by atoms with Crippen molar-refractivity contribution < 1.29 is 0 Å². The molecule has 1 heteroatoms. The molecule has 3 aliphatic rings. The van der Waals surface area contributed by atoms with Crippen molar-refractivity contribution in [3.8, 4) is 0 Å². The van der Waals surface area contributed by atoms with Gasteiger partial charge in [0.25, 0.3) is 0 Å². The summed E-state index contributed by atoms with van der Waals surface area (Å²) < 4.78 is 0. The first-order valence-corrected chi connectivity index (χ1v) is 12.8. The summed E-state index contributed by atoms with van der Waals surface area (Å²) in [7, 11) is 1.21. The number of rotatable bonds is 5. The first kappa shape index (κ1) is 18.9. The Morgan fingerprint density at radius 1 is 0.607 bits per heavy atom. The molecule has 0 nitrogen and oxygen atoms in total. The van der Waals surface area contributed by atoms with Crippen LogP contribution in [0.4, 0.5) is 0 Å². The summed E-state index contributed by atoms with van der Waals surface area (Å²) in [6.45, 7) is 0. The topological polar surface area (TPSA) is 0 Å². The van der Waals surface area contributed by atoms with E-state index in [0.29, 0.717) is 5.16 Å². The molecule has 0 N–H and O–H groups in total. The lowest BCUT2D eigenvalue weighted by molar-refractivity contribution is 0.346. The third kappa shape index (κ3) is 3.70. The molecule has 2 aromatic rings. The van der Waals surface area contributed by atoms with Gasteiger partial charge in [0, 0.05) is 0 Å². The molecule has 0 heterocycles. The molecule has 0 saturated heterocycles. The van der Waals surface area contributed by atoms with Crippen molar-refractivity contribution in [1.29, 1.82) is 0 Å². The summed E-state index contributed by atoms with van der Waals surface area (Å²) in [5.74, 6) is 2.37. The third-order valence-electron chi connectivity index (χ3n) is 7.87. The predicted molar refractivity (Wildman–Crippen MR) is 123 cm³/mol. The third-order valence-corrected chi connectivity index (χ3v) is 10.3. The maximum atomic E-state index is 2.40. The minimum Gasteiger partial charge on any atom is -0.112 e. The highest BCUT2D eigenvalue weighted by Gasteiger charge is 2.61. The van der Waals surface area contributed by atoms with Crippen molar-refractivity contribution in [2.75, 3.05) is 0 Å². The van der Waals surface area contributed by atoms with Crippen LogP contribution in [0.3, 0.4) is 0 Å². The molecular formula is C27H35P. The van der Waals surface area contributed by atoms with E-state index in [1.807, 2.05) is 0 Å². The highest BCUT2D eigenvalue weighted by atomic mass is 31.1. The standard InChI is InChI=1S/C27H35P/c1-5-13-21(14-6-1)24-25(22-15-7-2-8-16-22)26(24)27(19-11-4-12-20-27)28-23-17-9-3-10-18-23/h1-2,5-8,13-16,23-26,28H,3-4,9-12,17-20H2. The van der Waals surface area contributed by atoms with E-state index >= 15 is 0 Å². The first-order valence-electron chi connectivity index (χ1n) is 11.7. The summed E-state index contributed by atoms with van der Waals surface area (Å²) in [4.78, 5) is 0. The van der Waals surface area contributed by atoms with Crippen molar-refractivity contribution in [3.05, 3.63) is 71.8 Å². The fraction of sp³-hybridized carbons (Fsp3) is 0.556. The van der Waals surface area contributed by atoms with Crippen LogP contribution < -0.4 is 0 Å². The molecule has 28 heavy (non-hydrogen) atoms. The second kappa shape index (κ2) is 8.31. The van der Waals surface area contributed by atoms with E-state index in [9.17, 15) is 0 Å². The minimum absolute atomic E-state index is 0.626. The van der Waals surface area contributed by atoms with Gasteiger partial charge in [-0.05, 0) is 65.4 Å². The van der Waals surface area contributed by atoms with E-state index in [2.05, 4.69) is 60.7 Å². The highest BCUT2D eigenvalue weighted by Crippen LogP contribution is 2.72. The second-order valence-electron chi connectivity index (χ2n) is 9.59. The molecule has 0 aromatic heterocycles. The number of benzene rings is 2. The van der Waals surface area contributed by atoms with Gasteiger partial charge in [0.05, 0.1) is 0 Å². The Balaban J connectivity index is 1.48. The predicted octanol–water partition coefficient (Wildman–Crippen LogP) is 7.90. The van der Waals surface area contributed by atoms with E-state index in [-0.39, 0.29) is 0 Å².